The molecule has 1 atom stereocenters. The second-order valence-corrected chi connectivity index (χ2v) is 8.30. The largest absolute Gasteiger partial charge is 0.445 e. The van der Waals surface area contributed by atoms with E-state index < -0.39 is 16.1 Å². The second-order valence-electron chi connectivity index (χ2n) is 6.62. The van der Waals surface area contributed by atoms with Gasteiger partial charge in [0, 0.05) is 31.4 Å². The topological polar surface area (TPSA) is 121 Å². The molecule has 30 heavy (non-hydrogen) atoms. The Morgan fingerprint density at radius 3 is 2.50 bits per heavy atom. The van der Waals surface area contributed by atoms with Crippen LogP contribution in [0.15, 0.2) is 52.0 Å². The molecular weight excluding hydrogens is 402 g/mol. The highest BCUT2D eigenvalue weighted by atomic mass is 32.2. The Bertz CT molecular complexity index is 1020. The van der Waals surface area contributed by atoms with Gasteiger partial charge in [0.2, 0.25) is 5.88 Å². The number of hydrogen-bond donors (Lipinski definition) is 2. The SMILES string of the molecule is CC.CN=C(C)C1=C(C)OC(N)=C(C#N)C1c1ccc(N2CCCNS2(=O)=O)cc1. The van der Waals surface area contributed by atoms with Crippen LogP contribution in [0.4, 0.5) is 5.69 Å². The minimum Gasteiger partial charge on any atom is -0.445 e. The van der Waals surface area contributed by atoms with Crippen molar-refractivity contribution in [2.24, 2.45) is 10.7 Å². The van der Waals surface area contributed by atoms with Gasteiger partial charge in [0.25, 0.3) is 0 Å². The van der Waals surface area contributed by atoms with E-state index in [4.69, 9.17) is 10.5 Å². The molecule has 0 aliphatic carbocycles. The number of hydrogen-bond acceptors (Lipinski definition) is 6. The van der Waals surface area contributed by atoms with E-state index in [0.717, 1.165) is 23.3 Å². The third-order valence-corrected chi connectivity index (χ3v) is 6.50. The molecule has 0 bridgehead atoms. The summed E-state index contributed by atoms with van der Waals surface area (Å²) in [5.41, 5.74) is 9.18. The fourth-order valence-corrected chi connectivity index (χ4v) is 4.85. The van der Waals surface area contributed by atoms with Crippen LogP contribution in [0.1, 0.15) is 45.6 Å². The molecule has 1 unspecified atom stereocenters. The summed E-state index contributed by atoms with van der Waals surface area (Å²) in [7, 11) is -1.84. The molecule has 0 radical (unpaired) electrons. The predicted molar refractivity (Wildman–Crippen MR) is 119 cm³/mol. The third-order valence-electron chi connectivity index (χ3n) is 4.96. The molecule has 162 valence electrons. The Labute approximate surface area is 178 Å². The van der Waals surface area contributed by atoms with Crippen LogP contribution in [0.5, 0.6) is 0 Å². The monoisotopic (exact) mass is 431 g/mol. The zero-order valence-electron chi connectivity index (χ0n) is 18.1. The molecule has 1 fully saturated rings. The minimum absolute atomic E-state index is 0.0736. The molecule has 2 heterocycles. The zero-order chi connectivity index (χ0) is 22.5. The lowest BCUT2D eigenvalue weighted by atomic mass is 9.81. The molecule has 0 saturated carbocycles. The van der Waals surface area contributed by atoms with Crippen LogP contribution >= 0.6 is 0 Å². The fraction of sp³-hybridized carbons (Fsp3) is 0.429. The number of nitriles is 1. The minimum atomic E-state index is -3.52. The molecule has 2 aliphatic heterocycles. The summed E-state index contributed by atoms with van der Waals surface area (Å²) in [6.45, 7) is 8.51. The summed E-state index contributed by atoms with van der Waals surface area (Å²) in [5, 5.41) is 9.65. The van der Waals surface area contributed by atoms with Crippen LogP contribution in [-0.4, -0.2) is 34.3 Å². The van der Waals surface area contributed by atoms with Gasteiger partial charge in [-0.2, -0.15) is 18.4 Å². The molecule has 3 rings (SSSR count). The lowest BCUT2D eigenvalue weighted by Crippen LogP contribution is -2.47. The van der Waals surface area contributed by atoms with Gasteiger partial charge in [-0.05, 0) is 38.0 Å². The maximum absolute atomic E-state index is 12.2. The van der Waals surface area contributed by atoms with E-state index >= 15 is 0 Å². The van der Waals surface area contributed by atoms with Crippen LogP contribution in [-0.2, 0) is 14.9 Å². The summed E-state index contributed by atoms with van der Waals surface area (Å²) in [4.78, 5) is 4.25. The van der Waals surface area contributed by atoms with Crippen LogP contribution in [0, 0.1) is 11.3 Å². The molecule has 1 aromatic rings. The van der Waals surface area contributed by atoms with Crippen LogP contribution in [0.3, 0.4) is 0 Å². The normalized spacial score (nSPS) is 21.4. The first-order chi connectivity index (χ1) is 14.3. The maximum atomic E-state index is 12.2. The van der Waals surface area contributed by atoms with Crippen molar-refractivity contribution in [3.05, 3.63) is 52.6 Å². The lowest BCUT2D eigenvalue weighted by molar-refractivity contribution is 0.283. The first kappa shape index (κ1) is 23.4. The molecule has 9 heteroatoms. The van der Waals surface area contributed by atoms with Crippen molar-refractivity contribution >= 4 is 21.6 Å². The average Bonchev–Trinajstić information content (AvgIpc) is 2.74. The van der Waals surface area contributed by atoms with Gasteiger partial charge in [0.1, 0.15) is 17.4 Å². The molecule has 0 spiro atoms. The van der Waals surface area contributed by atoms with Crippen LogP contribution < -0.4 is 14.8 Å². The number of aliphatic imine (C=N–C) groups is 1. The summed E-state index contributed by atoms with van der Waals surface area (Å²) < 4.78 is 33.9. The summed E-state index contributed by atoms with van der Waals surface area (Å²) in [6, 6.07) is 9.26. The van der Waals surface area contributed by atoms with E-state index in [0.29, 0.717) is 30.1 Å². The van der Waals surface area contributed by atoms with Gasteiger partial charge in [-0.15, -0.1) is 0 Å². The number of rotatable bonds is 3. The van der Waals surface area contributed by atoms with E-state index in [1.165, 1.54) is 4.31 Å². The smallest absolute Gasteiger partial charge is 0.301 e. The van der Waals surface area contributed by atoms with Crippen molar-refractivity contribution in [1.82, 2.24) is 4.72 Å². The number of ether oxygens (including phenoxy) is 1. The van der Waals surface area contributed by atoms with Gasteiger partial charge in [-0.3, -0.25) is 9.30 Å². The molecule has 3 N–H and O–H groups in total. The standard InChI is InChI=1S/C19H23N5O3S.C2H6/c1-12(22-3)17-13(2)27-19(21)16(11-20)18(17)14-5-7-15(8-6-14)24-10-4-9-23-28(24,25)26;1-2/h5-8,18,23H,4,9-10,21H2,1-3H3;1-2H3. The highest BCUT2D eigenvalue weighted by molar-refractivity contribution is 7.90. The third kappa shape index (κ3) is 4.50. The molecule has 2 aliphatic rings. The van der Waals surface area contributed by atoms with Gasteiger partial charge in [0.05, 0.1) is 11.6 Å². The first-order valence-electron chi connectivity index (χ1n) is 9.89. The summed E-state index contributed by atoms with van der Waals surface area (Å²) in [6.07, 6.45) is 0.733. The zero-order valence-corrected chi connectivity index (χ0v) is 18.9. The average molecular weight is 432 g/mol. The number of nitrogens with one attached hydrogen (secondary N) is 1. The Morgan fingerprint density at radius 2 is 1.97 bits per heavy atom. The molecule has 1 saturated heterocycles. The van der Waals surface area contributed by atoms with E-state index in [1.807, 2.05) is 32.9 Å². The quantitative estimate of drug-likeness (QED) is 0.713. The highest BCUT2D eigenvalue weighted by Gasteiger charge is 2.33. The van der Waals surface area contributed by atoms with Crippen molar-refractivity contribution in [2.45, 2.75) is 40.0 Å². The lowest BCUT2D eigenvalue weighted by Gasteiger charge is -2.30. The Morgan fingerprint density at radius 1 is 1.33 bits per heavy atom. The number of allylic oxidation sites excluding steroid dienone is 3. The van der Waals surface area contributed by atoms with E-state index in [2.05, 4.69) is 15.8 Å². The number of nitrogens with zero attached hydrogens (tertiary/aromatic N) is 3. The number of nitrogens with two attached hydrogens (primary N) is 1. The van der Waals surface area contributed by atoms with Gasteiger partial charge < -0.3 is 10.5 Å². The molecule has 0 aromatic heterocycles. The van der Waals surface area contributed by atoms with E-state index in [9.17, 15) is 13.7 Å². The van der Waals surface area contributed by atoms with Crippen molar-refractivity contribution in [3.8, 4) is 6.07 Å². The van der Waals surface area contributed by atoms with Crippen LogP contribution in [0.2, 0.25) is 0 Å². The van der Waals surface area contributed by atoms with Crippen molar-refractivity contribution in [3.63, 3.8) is 0 Å². The van der Waals surface area contributed by atoms with Crippen LogP contribution in [0.25, 0.3) is 0 Å². The van der Waals surface area contributed by atoms with Crippen molar-refractivity contribution in [2.75, 3.05) is 24.4 Å². The number of anilines is 1. The molecule has 1 aromatic carbocycles. The second kappa shape index (κ2) is 9.78. The van der Waals surface area contributed by atoms with E-state index in [-0.39, 0.29) is 5.88 Å². The first-order valence-corrected chi connectivity index (χ1v) is 11.3. The predicted octanol–water partition coefficient (Wildman–Crippen LogP) is 2.93. The Balaban J connectivity index is 0.00000155. The van der Waals surface area contributed by atoms with Crippen molar-refractivity contribution in [1.29, 1.82) is 5.26 Å². The fourth-order valence-electron chi connectivity index (χ4n) is 3.52. The molecular formula is C21H29N5O3S. The maximum Gasteiger partial charge on any atom is 0.301 e. The Hall–Kier alpha value is -2.83. The Kier molecular flexibility index (Phi) is 7.65. The number of benzene rings is 1. The van der Waals surface area contributed by atoms with E-state index in [1.54, 1.807) is 26.1 Å². The molecule has 0 amide bonds. The highest BCUT2D eigenvalue weighted by Crippen LogP contribution is 2.40. The summed E-state index contributed by atoms with van der Waals surface area (Å²) in [5.74, 6) is 0.244. The van der Waals surface area contributed by atoms with Crippen molar-refractivity contribution < 1.29 is 13.2 Å². The van der Waals surface area contributed by atoms with Gasteiger partial charge in [-0.1, -0.05) is 26.0 Å². The van der Waals surface area contributed by atoms with Gasteiger partial charge in [0.15, 0.2) is 0 Å². The van der Waals surface area contributed by atoms with Gasteiger partial charge in [-0.25, -0.2) is 0 Å². The van der Waals surface area contributed by atoms with Gasteiger partial charge >= 0.3 is 10.2 Å². The summed E-state index contributed by atoms with van der Waals surface area (Å²) >= 11 is 0. The molecule has 8 nitrogen and oxygen atoms in total.